The molecule has 0 amide bonds. The zero-order valence-electron chi connectivity index (χ0n) is 14.3. The Morgan fingerprint density at radius 3 is 2.59 bits per heavy atom. The van der Waals surface area contributed by atoms with Gasteiger partial charge in [0.25, 0.3) is 0 Å². The number of aromatic nitrogens is 2. The monoisotopic (exact) mass is 391 g/mol. The van der Waals surface area contributed by atoms with E-state index in [2.05, 4.69) is 4.98 Å². The van der Waals surface area contributed by atoms with Crippen molar-refractivity contribution in [1.29, 1.82) is 0 Å². The van der Waals surface area contributed by atoms with E-state index in [1.54, 1.807) is 24.0 Å². The standard InChI is InChI=1S/C18H15F2N3O3S/c1-11-9-23(15-4-2-12(19)8-14(15)20)18-13(17(11)24)3-5-16(21-18)22-6-7-27(25,26)10-22/h2-5,8-9H,6-7,10H2,1H3. The van der Waals surface area contributed by atoms with Gasteiger partial charge < -0.3 is 4.90 Å². The van der Waals surface area contributed by atoms with Crippen LogP contribution < -0.4 is 10.3 Å². The van der Waals surface area contributed by atoms with Crippen LogP contribution in [0.3, 0.4) is 0 Å². The van der Waals surface area contributed by atoms with Crippen molar-refractivity contribution in [1.82, 2.24) is 9.55 Å². The summed E-state index contributed by atoms with van der Waals surface area (Å²) in [6, 6.07) is 6.27. The van der Waals surface area contributed by atoms with Gasteiger partial charge in [-0.2, -0.15) is 0 Å². The number of anilines is 1. The topological polar surface area (TPSA) is 72.3 Å². The Hall–Kier alpha value is -2.81. The van der Waals surface area contributed by atoms with Crippen molar-refractivity contribution < 1.29 is 17.2 Å². The van der Waals surface area contributed by atoms with Crippen molar-refractivity contribution in [2.75, 3.05) is 23.1 Å². The van der Waals surface area contributed by atoms with E-state index in [-0.39, 0.29) is 33.8 Å². The average Bonchev–Trinajstić information content (AvgIpc) is 2.98. The quantitative estimate of drug-likeness (QED) is 0.670. The minimum atomic E-state index is -3.17. The lowest BCUT2D eigenvalue weighted by Gasteiger charge is -2.17. The van der Waals surface area contributed by atoms with Crippen LogP contribution in [0.4, 0.5) is 14.6 Å². The van der Waals surface area contributed by atoms with Crippen LogP contribution in [0.15, 0.2) is 41.3 Å². The van der Waals surface area contributed by atoms with E-state index < -0.39 is 21.5 Å². The molecule has 0 saturated carbocycles. The lowest BCUT2D eigenvalue weighted by molar-refractivity contribution is 0.578. The molecule has 6 nitrogen and oxygen atoms in total. The van der Waals surface area contributed by atoms with Gasteiger partial charge in [-0.25, -0.2) is 22.2 Å². The molecule has 0 N–H and O–H groups in total. The number of pyridine rings is 2. The third-order valence-corrected chi connectivity index (χ3v) is 6.04. The first kappa shape index (κ1) is 17.6. The van der Waals surface area contributed by atoms with Gasteiger partial charge in [0.15, 0.2) is 20.9 Å². The molecule has 0 bridgehead atoms. The molecule has 0 spiro atoms. The third-order valence-electron chi connectivity index (χ3n) is 4.53. The number of hydrogen-bond acceptors (Lipinski definition) is 5. The summed E-state index contributed by atoms with van der Waals surface area (Å²) in [5.74, 6) is -1.26. The second kappa shape index (κ2) is 6.12. The van der Waals surface area contributed by atoms with E-state index in [1.165, 1.54) is 16.8 Å². The summed E-state index contributed by atoms with van der Waals surface area (Å²) < 4.78 is 52.5. The maximum Gasteiger partial charge on any atom is 0.193 e. The molecule has 27 heavy (non-hydrogen) atoms. The molecule has 2 aromatic heterocycles. The Balaban J connectivity index is 1.96. The van der Waals surface area contributed by atoms with E-state index in [0.717, 1.165) is 12.1 Å². The third kappa shape index (κ3) is 3.08. The first-order chi connectivity index (χ1) is 12.7. The Morgan fingerprint density at radius 1 is 1.15 bits per heavy atom. The first-order valence-electron chi connectivity index (χ1n) is 8.19. The van der Waals surface area contributed by atoms with E-state index in [0.29, 0.717) is 17.9 Å². The van der Waals surface area contributed by atoms with Crippen molar-refractivity contribution in [3.8, 4) is 5.69 Å². The summed E-state index contributed by atoms with van der Waals surface area (Å²) >= 11 is 0. The molecule has 1 aliphatic rings. The Morgan fingerprint density at radius 2 is 1.93 bits per heavy atom. The molecular formula is C18H15F2N3O3S. The van der Waals surface area contributed by atoms with Crippen LogP contribution in [0.1, 0.15) is 5.56 Å². The summed E-state index contributed by atoms with van der Waals surface area (Å²) in [6.45, 7) is 1.89. The molecule has 3 heterocycles. The number of hydrogen-bond donors (Lipinski definition) is 0. The fourth-order valence-electron chi connectivity index (χ4n) is 3.16. The predicted molar refractivity (Wildman–Crippen MR) is 98.0 cm³/mol. The fourth-order valence-corrected chi connectivity index (χ4v) is 4.52. The highest BCUT2D eigenvalue weighted by molar-refractivity contribution is 7.91. The number of rotatable bonds is 2. The summed E-state index contributed by atoms with van der Waals surface area (Å²) in [5, 5.41) is 0.268. The number of sulfone groups is 1. The highest BCUT2D eigenvalue weighted by atomic mass is 32.2. The zero-order valence-corrected chi connectivity index (χ0v) is 15.1. The average molecular weight is 391 g/mol. The molecular weight excluding hydrogens is 376 g/mol. The first-order valence-corrected chi connectivity index (χ1v) is 10.0. The highest BCUT2D eigenvalue weighted by Crippen LogP contribution is 2.24. The van der Waals surface area contributed by atoms with Gasteiger partial charge in [0.2, 0.25) is 0 Å². The lowest BCUT2D eigenvalue weighted by Crippen LogP contribution is -2.22. The Kier molecular flexibility index (Phi) is 3.99. The number of aryl methyl sites for hydroxylation is 1. The molecule has 9 heteroatoms. The summed E-state index contributed by atoms with van der Waals surface area (Å²) in [7, 11) is -3.17. The summed E-state index contributed by atoms with van der Waals surface area (Å²) in [4.78, 5) is 18.5. The van der Waals surface area contributed by atoms with Crippen LogP contribution in [0.25, 0.3) is 16.7 Å². The van der Waals surface area contributed by atoms with E-state index >= 15 is 0 Å². The minimum Gasteiger partial charge on any atom is -0.341 e. The fraction of sp³-hybridized carbons (Fsp3) is 0.222. The van der Waals surface area contributed by atoms with Gasteiger partial charge >= 0.3 is 0 Å². The lowest BCUT2D eigenvalue weighted by atomic mass is 10.2. The highest BCUT2D eigenvalue weighted by Gasteiger charge is 2.27. The second-order valence-corrected chi connectivity index (χ2v) is 8.64. The molecule has 1 fully saturated rings. The van der Waals surface area contributed by atoms with Crippen molar-refractivity contribution in [3.63, 3.8) is 0 Å². The Bertz CT molecular complexity index is 1240. The number of benzene rings is 1. The smallest absolute Gasteiger partial charge is 0.193 e. The molecule has 3 aromatic rings. The van der Waals surface area contributed by atoms with Crippen molar-refractivity contribution in [3.05, 3.63) is 63.9 Å². The van der Waals surface area contributed by atoms with E-state index in [4.69, 9.17) is 0 Å². The van der Waals surface area contributed by atoms with Gasteiger partial charge in [-0.3, -0.25) is 9.36 Å². The second-order valence-electron chi connectivity index (χ2n) is 6.49. The van der Waals surface area contributed by atoms with Crippen molar-refractivity contribution in [2.45, 2.75) is 6.92 Å². The molecule has 1 aromatic carbocycles. The van der Waals surface area contributed by atoms with Crippen molar-refractivity contribution >= 4 is 26.7 Å². The Labute approximate surface area is 153 Å². The van der Waals surface area contributed by atoms with Crippen LogP contribution >= 0.6 is 0 Å². The molecule has 0 unspecified atom stereocenters. The normalized spacial score (nSPS) is 16.2. The molecule has 1 saturated heterocycles. The van der Waals surface area contributed by atoms with Crippen molar-refractivity contribution in [2.24, 2.45) is 0 Å². The summed E-state index contributed by atoms with van der Waals surface area (Å²) in [6.07, 6.45) is 1.44. The molecule has 0 atom stereocenters. The number of nitrogens with zero attached hydrogens (tertiary/aromatic N) is 3. The number of fused-ring (bicyclic) bond motifs is 1. The van der Waals surface area contributed by atoms with Crippen LogP contribution in [0.2, 0.25) is 0 Å². The molecule has 4 rings (SSSR count). The predicted octanol–water partition coefficient (Wildman–Crippen LogP) is 2.16. The SMILES string of the molecule is Cc1cn(-c2ccc(F)cc2F)c2nc(N3CCS(=O)(=O)C3)ccc2c1=O. The maximum absolute atomic E-state index is 14.3. The van der Waals surface area contributed by atoms with Gasteiger partial charge in [-0.1, -0.05) is 0 Å². The minimum absolute atomic E-state index is 0.0278. The van der Waals surface area contributed by atoms with Crippen LogP contribution in [-0.2, 0) is 9.84 Å². The molecule has 0 aliphatic carbocycles. The van der Waals surface area contributed by atoms with Crippen LogP contribution in [0, 0.1) is 18.6 Å². The van der Waals surface area contributed by atoms with Gasteiger partial charge in [-0.15, -0.1) is 0 Å². The molecule has 1 aliphatic heterocycles. The van der Waals surface area contributed by atoms with Crippen LogP contribution in [-0.4, -0.2) is 36.1 Å². The molecule has 140 valence electrons. The van der Waals surface area contributed by atoms with Gasteiger partial charge in [-0.05, 0) is 31.2 Å². The zero-order chi connectivity index (χ0) is 19.3. The number of halogens is 2. The summed E-state index contributed by atoms with van der Waals surface area (Å²) in [5.41, 5.74) is 0.350. The van der Waals surface area contributed by atoms with Gasteiger partial charge in [0, 0.05) is 24.4 Å². The van der Waals surface area contributed by atoms with Gasteiger partial charge in [0.1, 0.15) is 23.3 Å². The van der Waals surface area contributed by atoms with E-state index in [1.807, 2.05) is 0 Å². The van der Waals surface area contributed by atoms with Crippen LogP contribution in [0.5, 0.6) is 0 Å². The maximum atomic E-state index is 14.3. The largest absolute Gasteiger partial charge is 0.341 e. The van der Waals surface area contributed by atoms with Gasteiger partial charge in [0.05, 0.1) is 16.8 Å². The van der Waals surface area contributed by atoms with E-state index in [9.17, 15) is 22.0 Å². The molecule has 0 radical (unpaired) electrons.